The lowest BCUT2D eigenvalue weighted by Crippen LogP contribution is -2.03. The van der Waals surface area contributed by atoms with Crippen LogP contribution in [0.1, 0.15) is 0 Å². The summed E-state index contributed by atoms with van der Waals surface area (Å²) in [5, 5.41) is 8.24. The Morgan fingerprint density at radius 2 is 0.904 bits per heavy atom. The molecule has 0 amide bonds. The van der Waals surface area contributed by atoms with E-state index in [0.29, 0.717) is 5.82 Å². The maximum absolute atomic E-state index is 5.50. The van der Waals surface area contributed by atoms with Gasteiger partial charge in [-0.2, -0.15) is 0 Å². The summed E-state index contributed by atoms with van der Waals surface area (Å²) in [6, 6.07) is 64.9. The summed E-state index contributed by atoms with van der Waals surface area (Å²) in [6.07, 6.45) is 0. The van der Waals surface area contributed by atoms with Crippen LogP contribution >= 0.6 is 0 Å². The summed E-state index contributed by atoms with van der Waals surface area (Å²) in [7, 11) is 0. The summed E-state index contributed by atoms with van der Waals surface area (Å²) in [6.45, 7) is 0. The van der Waals surface area contributed by atoms with Gasteiger partial charge in [0, 0.05) is 38.2 Å². The predicted octanol–water partition coefficient (Wildman–Crippen LogP) is 12.3. The Labute approximate surface area is 299 Å². The van der Waals surface area contributed by atoms with Gasteiger partial charge >= 0.3 is 0 Å². The Hall–Kier alpha value is -7.04. The molecule has 0 atom stereocenters. The van der Waals surface area contributed by atoms with Crippen molar-refractivity contribution in [3.63, 3.8) is 0 Å². The second-order valence-electron chi connectivity index (χ2n) is 13.5. The van der Waals surface area contributed by atoms with Crippen molar-refractivity contribution >= 4 is 65.3 Å². The third-order valence-electron chi connectivity index (χ3n) is 10.5. The van der Waals surface area contributed by atoms with Gasteiger partial charge in [-0.3, -0.25) is 4.57 Å². The number of nitrogens with zero attached hydrogens (tertiary/aromatic N) is 4. The molecule has 0 aliphatic carbocycles. The fourth-order valence-electron chi connectivity index (χ4n) is 8.07. The van der Waals surface area contributed by atoms with Crippen LogP contribution in [0.5, 0.6) is 0 Å². The summed E-state index contributed by atoms with van der Waals surface area (Å²) < 4.78 is 4.69. The largest absolute Gasteiger partial charge is 0.309 e. The summed E-state index contributed by atoms with van der Waals surface area (Å²) in [5.74, 6) is 1.55. The maximum Gasteiger partial charge on any atom is 0.162 e. The van der Waals surface area contributed by atoms with Gasteiger partial charge in [0.25, 0.3) is 0 Å². The van der Waals surface area contributed by atoms with Gasteiger partial charge in [-0.1, -0.05) is 127 Å². The monoisotopic (exact) mass is 662 g/mol. The van der Waals surface area contributed by atoms with Crippen LogP contribution in [0.4, 0.5) is 0 Å². The second-order valence-corrected chi connectivity index (χ2v) is 13.5. The molecule has 0 radical (unpaired) electrons. The first kappa shape index (κ1) is 28.8. The molecule has 4 heteroatoms. The van der Waals surface area contributed by atoms with Crippen molar-refractivity contribution in [1.29, 1.82) is 0 Å². The van der Waals surface area contributed by atoms with E-state index in [0.717, 1.165) is 55.6 Å². The SMILES string of the molecule is c1ccc(-c2ccc3c(-n4c5ccccc5c5cc6ccccc6cc54)nc(-c4ccc5c6ccccc6n(-c6ccccc6)c5c4)nc3c2)cc1. The molecule has 0 aliphatic rings. The highest BCUT2D eigenvalue weighted by atomic mass is 15.1. The van der Waals surface area contributed by atoms with Crippen molar-refractivity contribution in [2.24, 2.45) is 0 Å². The minimum absolute atomic E-state index is 0.686. The third kappa shape index (κ3) is 4.34. The topological polar surface area (TPSA) is 35.6 Å². The molecule has 3 heterocycles. The number of benzene rings is 8. The first-order chi connectivity index (χ1) is 25.8. The van der Waals surface area contributed by atoms with Gasteiger partial charge < -0.3 is 4.57 Å². The lowest BCUT2D eigenvalue weighted by molar-refractivity contribution is 1.08. The molecule has 0 spiro atoms. The second kappa shape index (κ2) is 11.2. The van der Waals surface area contributed by atoms with Crippen molar-refractivity contribution in [2.45, 2.75) is 0 Å². The van der Waals surface area contributed by atoms with E-state index >= 15 is 0 Å². The summed E-state index contributed by atoms with van der Waals surface area (Å²) in [4.78, 5) is 10.8. The molecule has 0 bridgehead atoms. The molecule has 11 aromatic rings. The Balaban J connectivity index is 1.23. The molecule has 0 fully saturated rings. The van der Waals surface area contributed by atoms with Crippen LogP contribution in [0.3, 0.4) is 0 Å². The van der Waals surface area contributed by atoms with Gasteiger partial charge in [0.2, 0.25) is 0 Å². The van der Waals surface area contributed by atoms with Gasteiger partial charge in [-0.15, -0.1) is 0 Å². The lowest BCUT2D eigenvalue weighted by Gasteiger charge is -2.14. The standard InChI is InChI=1S/C48H30N4/c1-3-13-31(14-4-1)34-23-26-40-42(28-34)49-47(35-24-25-39-37-19-9-11-21-43(37)51(45(39)30-35)36-17-5-2-6-18-36)50-48(40)52-44-22-12-10-20-38(44)41-27-32-15-7-8-16-33(32)29-46(41)52/h1-30H. The molecule has 0 saturated carbocycles. The van der Waals surface area contributed by atoms with Crippen LogP contribution in [-0.2, 0) is 0 Å². The van der Waals surface area contributed by atoms with Crippen molar-refractivity contribution in [3.05, 3.63) is 182 Å². The van der Waals surface area contributed by atoms with E-state index in [2.05, 4.69) is 191 Å². The molecule has 8 aromatic carbocycles. The van der Waals surface area contributed by atoms with Crippen molar-refractivity contribution in [1.82, 2.24) is 19.1 Å². The molecule has 0 saturated heterocycles. The maximum atomic E-state index is 5.50. The Bertz CT molecular complexity index is 3170. The lowest BCUT2D eigenvalue weighted by atomic mass is 10.0. The molecular formula is C48H30N4. The average Bonchev–Trinajstić information content (AvgIpc) is 3.72. The number of fused-ring (bicyclic) bond motifs is 8. The number of hydrogen-bond donors (Lipinski definition) is 0. The Kier molecular flexibility index (Phi) is 6.22. The van der Waals surface area contributed by atoms with Gasteiger partial charge in [-0.25, -0.2) is 9.97 Å². The Morgan fingerprint density at radius 3 is 1.69 bits per heavy atom. The molecule has 0 aliphatic heterocycles. The molecule has 3 aromatic heterocycles. The highest BCUT2D eigenvalue weighted by molar-refractivity contribution is 6.14. The fourth-order valence-corrected chi connectivity index (χ4v) is 8.07. The minimum atomic E-state index is 0.686. The van der Waals surface area contributed by atoms with Gasteiger partial charge in [0.1, 0.15) is 5.82 Å². The van der Waals surface area contributed by atoms with Crippen LogP contribution < -0.4 is 0 Å². The summed E-state index contributed by atoms with van der Waals surface area (Å²) >= 11 is 0. The number of aromatic nitrogens is 4. The van der Waals surface area contributed by atoms with E-state index in [9.17, 15) is 0 Å². The summed E-state index contributed by atoms with van der Waals surface area (Å²) in [5.41, 5.74) is 9.80. The molecular weight excluding hydrogens is 633 g/mol. The van der Waals surface area contributed by atoms with E-state index in [1.54, 1.807) is 0 Å². The van der Waals surface area contributed by atoms with E-state index < -0.39 is 0 Å². The molecule has 242 valence electrons. The van der Waals surface area contributed by atoms with Crippen LogP contribution in [0.2, 0.25) is 0 Å². The smallest absolute Gasteiger partial charge is 0.162 e. The van der Waals surface area contributed by atoms with E-state index in [1.165, 1.54) is 37.8 Å². The Morgan fingerprint density at radius 1 is 0.327 bits per heavy atom. The molecule has 52 heavy (non-hydrogen) atoms. The highest BCUT2D eigenvalue weighted by Crippen LogP contribution is 2.39. The van der Waals surface area contributed by atoms with E-state index in [-0.39, 0.29) is 0 Å². The first-order valence-electron chi connectivity index (χ1n) is 17.7. The van der Waals surface area contributed by atoms with Crippen LogP contribution in [0.15, 0.2) is 182 Å². The molecule has 4 nitrogen and oxygen atoms in total. The molecule has 11 rings (SSSR count). The van der Waals surface area contributed by atoms with Crippen molar-refractivity contribution < 1.29 is 0 Å². The number of para-hydroxylation sites is 3. The van der Waals surface area contributed by atoms with Crippen molar-refractivity contribution in [2.75, 3.05) is 0 Å². The zero-order valence-corrected chi connectivity index (χ0v) is 28.1. The van der Waals surface area contributed by atoms with Gasteiger partial charge in [0.05, 0.1) is 27.6 Å². The zero-order valence-electron chi connectivity index (χ0n) is 28.1. The van der Waals surface area contributed by atoms with Crippen molar-refractivity contribution in [3.8, 4) is 34.0 Å². The van der Waals surface area contributed by atoms with Crippen LogP contribution in [0.25, 0.3) is 99.3 Å². The number of rotatable bonds is 4. The normalized spacial score (nSPS) is 11.8. The fraction of sp³-hybridized carbons (Fsp3) is 0. The quantitative estimate of drug-likeness (QED) is 0.188. The van der Waals surface area contributed by atoms with E-state index in [1.807, 2.05) is 0 Å². The molecule has 0 N–H and O–H groups in total. The van der Waals surface area contributed by atoms with Gasteiger partial charge in [-0.05, 0) is 76.5 Å². The number of hydrogen-bond acceptors (Lipinski definition) is 2. The van der Waals surface area contributed by atoms with E-state index in [4.69, 9.17) is 9.97 Å². The molecule has 0 unspecified atom stereocenters. The first-order valence-corrected chi connectivity index (χ1v) is 17.7. The van der Waals surface area contributed by atoms with Crippen LogP contribution in [0, 0.1) is 0 Å². The highest BCUT2D eigenvalue weighted by Gasteiger charge is 2.20. The minimum Gasteiger partial charge on any atom is -0.309 e. The van der Waals surface area contributed by atoms with Crippen LogP contribution in [-0.4, -0.2) is 19.1 Å². The predicted molar refractivity (Wildman–Crippen MR) is 217 cm³/mol. The average molecular weight is 663 g/mol. The third-order valence-corrected chi connectivity index (χ3v) is 10.5. The van der Waals surface area contributed by atoms with Gasteiger partial charge in [0.15, 0.2) is 5.82 Å². The zero-order chi connectivity index (χ0) is 34.2.